The summed E-state index contributed by atoms with van der Waals surface area (Å²) in [5.74, 6) is 0. The number of rotatable bonds is 4. The van der Waals surface area contributed by atoms with Crippen molar-refractivity contribution in [3.05, 3.63) is 0 Å². The van der Waals surface area contributed by atoms with Crippen LogP contribution in [0.4, 0.5) is 0 Å². The van der Waals surface area contributed by atoms with Crippen LogP contribution in [0.1, 0.15) is 13.8 Å². The molecule has 0 aliphatic carbocycles. The Morgan fingerprint density at radius 1 is 1.12 bits per heavy atom. The van der Waals surface area contributed by atoms with Crippen molar-refractivity contribution in [1.82, 2.24) is 0 Å². The van der Waals surface area contributed by atoms with Gasteiger partial charge in [-0.1, -0.05) is 0 Å². The first kappa shape index (κ1) is 11.8. The van der Waals surface area contributed by atoms with Gasteiger partial charge in [-0.3, -0.25) is 0 Å². The van der Waals surface area contributed by atoms with Crippen LogP contribution < -0.4 is 0 Å². The zero-order valence-corrected chi connectivity index (χ0v) is 7.35. The molecule has 0 fully saturated rings. The molecule has 0 aromatic rings. The van der Waals surface area contributed by atoms with E-state index in [-0.39, 0.29) is 18.9 Å². The Hall–Kier alpha value is 1.05. The Labute approximate surface area is 69.5 Å². The summed E-state index contributed by atoms with van der Waals surface area (Å²) in [5, 5.41) is 0. The van der Waals surface area contributed by atoms with Gasteiger partial charge in [0, 0.05) is 32.1 Å². The fourth-order valence-electron chi connectivity index (χ4n) is 0.226. The summed E-state index contributed by atoms with van der Waals surface area (Å²) in [6, 6.07) is 0. The van der Waals surface area contributed by atoms with E-state index >= 15 is 0 Å². The summed E-state index contributed by atoms with van der Waals surface area (Å²) in [6.45, 7) is 5.55. The van der Waals surface area contributed by atoms with E-state index in [1.54, 1.807) is 0 Å². The number of hydrogen-bond acceptors (Lipinski definition) is 2. The van der Waals surface area contributed by atoms with Crippen molar-refractivity contribution >= 4 is 34.7 Å². The second-order valence-electron chi connectivity index (χ2n) is 1.10. The molecular formula is C4H11AlLiO2. The largest absolute Gasteiger partial charge is 0.649 e. The van der Waals surface area contributed by atoms with E-state index in [9.17, 15) is 0 Å². The first-order chi connectivity index (χ1) is 3.41. The van der Waals surface area contributed by atoms with Gasteiger partial charge in [0.2, 0.25) is 0 Å². The normalized spacial score (nSPS) is 7.75. The van der Waals surface area contributed by atoms with E-state index in [4.69, 9.17) is 7.58 Å². The van der Waals surface area contributed by atoms with E-state index < -0.39 is 15.9 Å². The second-order valence-corrected chi connectivity index (χ2v) is 2.16. The van der Waals surface area contributed by atoms with Crippen molar-refractivity contribution in [2.24, 2.45) is 0 Å². The van der Waals surface area contributed by atoms with Crippen molar-refractivity contribution in [2.75, 3.05) is 13.2 Å². The van der Waals surface area contributed by atoms with Crippen molar-refractivity contribution in [3.63, 3.8) is 0 Å². The van der Waals surface area contributed by atoms with E-state index in [1.807, 2.05) is 13.8 Å². The summed E-state index contributed by atoms with van der Waals surface area (Å²) < 4.78 is 9.98. The summed E-state index contributed by atoms with van der Waals surface area (Å²) >= 11 is -0.589. The van der Waals surface area contributed by atoms with E-state index in [2.05, 4.69) is 0 Å². The third kappa shape index (κ3) is 10.1. The molecule has 4 heteroatoms. The average molecular weight is 125 g/mol. The van der Waals surface area contributed by atoms with Crippen molar-refractivity contribution < 1.29 is 7.58 Å². The van der Waals surface area contributed by atoms with E-state index in [0.717, 1.165) is 13.2 Å². The molecule has 0 aliphatic heterocycles. The molecule has 0 bridgehead atoms. The predicted octanol–water partition coefficient (Wildman–Crippen LogP) is -0.0549. The van der Waals surface area contributed by atoms with Crippen LogP contribution >= 0.6 is 0 Å². The second kappa shape index (κ2) is 10.9. The van der Waals surface area contributed by atoms with Crippen LogP contribution in [-0.2, 0) is 7.58 Å². The minimum absolute atomic E-state index is 0. The van der Waals surface area contributed by atoms with Gasteiger partial charge in [0.25, 0.3) is 0 Å². The molecule has 0 amide bonds. The van der Waals surface area contributed by atoms with Gasteiger partial charge >= 0.3 is 15.9 Å². The topological polar surface area (TPSA) is 18.5 Å². The fraction of sp³-hybridized carbons (Fsp3) is 1.00. The van der Waals surface area contributed by atoms with E-state index in [1.165, 1.54) is 0 Å². The third-order valence-corrected chi connectivity index (χ3v) is 1.72. The molecule has 0 rings (SSSR count). The minimum atomic E-state index is -0.589. The molecule has 43 valence electrons. The molecule has 0 aliphatic rings. The van der Waals surface area contributed by atoms with Gasteiger partial charge in [-0.2, -0.15) is 0 Å². The SMILES string of the molecule is CC[O][AlH][O]CC.[Li]. The van der Waals surface area contributed by atoms with Gasteiger partial charge in [-0.05, 0) is 13.8 Å². The first-order valence-electron chi connectivity index (χ1n) is 2.57. The fourth-order valence-corrected chi connectivity index (χ4v) is 0.677. The molecule has 0 unspecified atom stereocenters. The molecule has 0 N–H and O–H groups in total. The van der Waals surface area contributed by atoms with Crippen LogP contribution in [0.15, 0.2) is 0 Å². The van der Waals surface area contributed by atoms with Crippen molar-refractivity contribution in [1.29, 1.82) is 0 Å². The molecule has 0 saturated carbocycles. The van der Waals surface area contributed by atoms with Gasteiger partial charge in [0.1, 0.15) is 0 Å². The quantitative estimate of drug-likeness (QED) is 0.387. The summed E-state index contributed by atoms with van der Waals surface area (Å²) in [4.78, 5) is 0. The smallest absolute Gasteiger partial charge is 0.481 e. The maximum atomic E-state index is 4.99. The van der Waals surface area contributed by atoms with Gasteiger partial charge < -0.3 is 7.58 Å². The monoisotopic (exact) mass is 125 g/mol. The summed E-state index contributed by atoms with van der Waals surface area (Å²) in [6.07, 6.45) is 0. The van der Waals surface area contributed by atoms with Crippen molar-refractivity contribution in [3.8, 4) is 0 Å². The molecule has 0 saturated heterocycles. The Bertz CT molecular complexity index is 33.2. The molecule has 0 spiro atoms. The molecule has 0 atom stereocenters. The Balaban J connectivity index is 0. The maximum absolute atomic E-state index is 4.99. The van der Waals surface area contributed by atoms with Crippen LogP contribution in [0, 0.1) is 0 Å². The maximum Gasteiger partial charge on any atom is 0.649 e. The van der Waals surface area contributed by atoms with Gasteiger partial charge in [0.05, 0.1) is 0 Å². The molecule has 2 nitrogen and oxygen atoms in total. The van der Waals surface area contributed by atoms with Gasteiger partial charge in [0.15, 0.2) is 0 Å². The standard InChI is InChI=1S/2C2H5O.Al.Li.H/c2*1-2-3;;;/h2*2H2,1H3;;;/q2*-1;+2;;. The zero-order chi connectivity index (χ0) is 5.54. The summed E-state index contributed by atoms with van der Waals surface area (Å²) in [5.41, 5.74) is 0. The minimum Gasteiger partial charge on any atom is -0.481 e. The predicted molar refractivity (Wildman–Crippen MR) is 36.2 cm³/mol. The van der Waals surface area contributed by atoms with Crippen LogP contribution in [0.25, 0.3) is 0 Å². The molecule has 0 heterocycles. The van der Waals surface area contributed by atoms with Gasteiger partial charge in [-0.15, -0.1) is 0 Å². The molecule has 0 aromatic heterocycles. The molecule has 1 radical (unpaired) electrons. The Morgan fingerprint density at radius 3 is 1.75 bits per heavy atom. The third-order valence-electron chi connectivity index (χ3n) is 0.575. The van der Waals surface area contributed by atoms with Crippen LogP contribution in [0.5, 0.6) is 0 Å². The van der Waals surface area contributed by atoms with Crippen molar-refractivity contribution in [2.45, 2.75) is 13.8 Å². The zero-order valence-electron chi connectivity index (χ0n) is 5.94. The van der Waals surface area contributed by atoms with Crippen LogP contribution in [0.3, 0.4) is 0 Å². The van der Waals surface area contributed by atoms with Gasteiger partial charge in [-0.25, -0.2) is 0 Å². The Kier molecular flexibility index (Phi) is 16.1. The van der Waals surface area contributed by atoms with Crippen LogP contribution in [0.2, 0.25) is 0 Å². The molecular weight excluding hydrogens is 114 g/mol. The Morgan fingerprint density at radius 2 is 1.50 bits per heavy atom. The average Bonchev–Trinajstić information content (AvgIpc) is 1.69. The molecule has 0 aromatic carbocycles. The number of hydrogen-bond donors (Lipinski definition) is 0. The summed E-state index contributed by atoms with van der Waals surface area (Å²) in [7, 11) is 0. The van der Waals surface area contributed by atoms with Crippen LogP contribution in [-0.4, -0.2) is 48.0 Å². The van der Waals surface area contributed by atoms with E-state index in [0.29, 0.717) is 0 Å². The molecule has 8 heavy (non-hydrogen) atoms. The first-order valence-corrected chi connectivity index (χ1v) is 3.72.